The third-order valence-corrected chi connectivity index (χ3v) is 9.52. The van der Waals surface area contributed by atoms with Crippen molar-refractivity contribution < 1.29 is 14.3 Å². The zero-order chi connectivity index (χ0) is 28.2. The van der Waals surface area contributed by atoms with Gasteiger partial charge in [-0.15, -0.1) is 11.3 Å². The lowest BCUT2D eigenvalue weighted by molar-refractivity contribution is 0.0604. The van der Waals surface area contributed by atoms with E-state index < -0.39 is 0 Å². The largest absolute Gasteiger partial charge is 0.494 e. The highest BCUT2D eigenvalue weighted by atomic mass is 35.5. The number of nitrogens with zero attached hydrogens (tertiary/aromatic N) is 1. The topological polar surface area (TPSA) is 58.6 Å². The minimum Gasteiger partial charge on any atom is -0.494 e. The summed E-state index contributed by atoms with van der Waals surface area (Å²) in [5.74, 6) is 0.787. The maximum Gasteiger partial charge on any atom is 0.266 e. The van der Waals surface area contributed by atoms with Crippen LogP contribution < -0.4 is 10.1 Å². The molecule has 0 saturated heterocycles. The number of fused-ring (bicyclic) bond motifs is 1. The van der Waals surface area contributed by atoms with Crippen molar-refractivity contribution in [3.8, 4) is 16.9 Å². The van der Waals surface area contributed by atoms with Crippen LogP contribution in [0.15, 0.2) is 66.7 Å². The minimum atomic E-state index is -0.0298. The van der Waals surface area contributed by atoms with E-state index >= 15 is 0 Å². The number of thiophene rings is 1. The van der Waals surface area contributed by atoms with Crippen molar-refractivity contribution in [1.82, 2.24) is 10.2 Å². The van der Waals surface area contributed by atoms with Crippen molar-refractivity contribution >= 4 is 44.7 Å². The van der Waals surface area contributed by atoms with Crippen molar-refractivity contribution in [2.24, 2.45) is 0 Å². The fourth-order valence-electron chi connectivity index (χ4n) is 5.58. The third kappa shape index (κ3) is 5.95. The highest BCUT2D eigenvalue weighted by Gasteiger charge is 2.32. The molecule has 5 rings (SSSR count). The molecule has 40 heavy (non-hydrogen) atoms. The molecular weight excluding hydrogens is 540 g/mol. The predicted octanol–water partition coefficient (Wildman–Crippen LogP) is 8.00. The molecule has 1 aromatic heterocycles. The molecule has 1 N–H and O–H groups in total. The summed E-state index contributed by atoms with van der Waals surface area (Å²) in [7, 11) is 2.01. The van der Waals surface area contributed by atoms with Gasteiger partial charge in [0.15, 0.2) is 5.78 Å². The Morgan fingerprint density at radius 1 is 1.00 bits per heavy atom. The highest BCUT2D eigenvalue weighted by molar-refractivity contribution is 7.21. The van der Waals surface area contributed by atoms with Gasteiger partial charge in [-0.25, -0.2) is 0 Å². The zero-order valence-corrected chi connectivity index (χ0v) is 24.8. The van der Waals surface area contributed by atoms with Crippen molar-refractivity contribution in [1.29, 1.82) is 0 Å². The summed E-state index contributed by atoms with van der Waals surface area (Å²) in [4.78, 5) is 28.7. The summed E-state index contributed by atoms with van der Waals surface area (Å²) in [6, 6.07) is 22.3. The highest BCUT2D eigenvalue weighted by Crippen LogP contribution is 2.38. The van der Waals surface area contributed by atoms with E-state index in [4.69, 9.17) is 16.3 Å². The first-order chi connectivity index (χ1) is 19.4. The molecule has 0 spiro atoms. The maximum absolute atomic E-state index is 14.3. The molecule has 1 aliphatic carbocycles. The molecule has 7 heteroatoms. The van der Waals surface area contributed by atoms with E-state index in [0.717, 1.165) is 58.2 Å². The Hall–Kier alpha value is -3.19. The molecule has 0 radical (unpaired) electrons. The number of Topliss-reactive ketones (excluding diaryl/α,β-unsaturated/α-hetero) is 1. The Morgan fingerprint density at radius 3 is 2.35 bits per heavy atom. The molecule has 1 saturated carbocycles. The minimum absolute atomic E-state index is 0.0298. The number of ether oxygens (including phenoxy) is 1. The Balaban J connectivity index is 1.53. The van der Waals surface area contributed by atoms with Crippen molar-refractivity contribution in [3.63, 3.8) is 0 Å². The summed E-state index contributed by atoms with van der Waals surface area (Å²) >= 11 is 8.27. The van der Waals surface area contributed by atoms with Crippen LogP contribution in [0.2, 0.25) is 5.02 Å². The third-order valence-electron chi connectivity index (χ3n) is 7.86. The van der Waals surface area contributed by atoms with Gasteiger partial charge in [0, 0.05) is 39.8 Å². The number of rotatable bonds is 9. The molecule has 1 fully saturated rings. The lowest BCUT2D eigenvalue weighted by Gasteiger charge is -2.37. The number of hydrogen-bond donors (Lipinski definition) is 1. The summed E-state index contributed by atoms with van der Waals surface area (Å²) in [6.45, 7) is 4.50. The van der Waals surface area contributed by atoms with Gasteiger partial charge >= 0.3 is 0 Å². The molecule has 208 valence electrons. The maximum atomic E-state index is 14.3. The molecule has 4 aromatic rings. The number of amides is 1. The standard InChI is InChI=1S/C33H35ClN2O3S/c1-4-39-29-18-13-24(23-11-9-22(10-12-23)21(2)37)19-25(29)20-36(27-16-14-26(35-3)15-17-27)33(38)32-31(34)28-7-5-6-8-30(28)40-32/h5-13,18-19,26-27,35H,4,14-17,20H2,1-3H3/t26-,27-. The second kappa shape index (κ2) is 12.5. The molecule has 1 heterocycles. The van der Waals surface area contributed by atoms with Gasteiger partial charge in [0.2, 0.25) is 0 Å². The van der Waals surface area contributed by atoms with E-state index in [0.29, 0.717) is 34.7 Å². The average molecular weight is 575 g/mol. The van der Waals surface area contributed by atoms with Gasteiger partial charge in [0.1, 0.15) is 10.6 Å². The molecule has 0 aliphatic heterocycles. The Bertz CT molecular complexity index is 1510. The summed E-state index contributed by atoms with van der Waals surface area (Å²) in [5, 5.41) is 4.85. The SMILES string of the molecule is CCOc1ccc(-c2ccc(C(C)=O)cc2)cc1CN(C(=O)c1sc2ccccc2c1Cl)[C@H]1CC[C@H](NC)CC1. The van der Waals surface area contributed by atoms with E-state index in [1.807, 2.05) is 79.5 Å². The van der Waals surface area contributed by atoms with Gasteiger partial charge in [0.25, 0.3) is 5.91 Å². The van der Waals surface area contributed by atoms with Crippen molar-refractivity contribution in [2.45, 2.75) is 58.2 Å². The molecule has 0 bridgehead atoms. The van der Waals surface area contributed by atoms with Gasteiger partial charge in [-0.05, 0) is 75.9 Å². The second-order valence-electron chi connectivity index (χ2n) is 10.4. The van der Waals surface area contributed by atoms with Crippen LogP contribution >= 0.6 is 22.9 Å². The Morgan fingerprint density at radius 2 is 1.70 bits per heavy atom. The first-order valence-corrected chi connectivity index (χ1v) is 15.1. The zero-order valence-electron chi connectivity index (χ0n) is 23.2. The number of nitrogens with one attached hydrogen (secondary N) is 1. The number of hydrogen-bond acceptors (Lipinski definition) is 5. The number of ketones is 1. The molecule has 1 aliphatic rings. The van der Waals surface area contributed by atoms with Crippen LogP contribution in [0.3, 0.4) is 0 Å². The molecule has 0 atom stereocenters. The van der Waals surface area contributed by atoms with Crippen molar-refractivity contribution in [3.05, 3.63) is 87.8 Å². The van der Waals surface area contributed by atoms with Crippen LogP contribution in [0.4, 0.5) is 0 Å². The molecule has 3 aromatic carbocycles. The van der Waals surface area contributed by atoms with E-state index in [1.54, 1.807) is 6.92 Å². The van der Waals surface area contributed by atoms with Crippen LogP contribution in [-0.2, 0) is 6.54 Å². The van der Waals surface area contributed by atoms with E-state index in [9.17, 15) is 9.59 Å². The molecule has 0 unspecified atom stereocenters. The second-order valence-corrected chi connectivity index (χ2v) is 11.8. The fraction of sp³-hybridized carbons (Fsp3) is 0.333. The number of carbonyl (C=O) groups is 2. The Kier molecular flexibility index (Phi) is 8.89. The van der Waals surface area contributed by atoms with Gasteiger partial charge < -0.3 is 15.0 Å². The van der Waals surface area contributed by atoms with E-state index in [1.165, 1.54) is 11.3 Å². The van der Waals surface area contributed by atoms with Crippen LogP contribution in [0.5, 0.6) is 5.75 Å². The number of benzene rings is 3. The van der Waals surface area contributed by atoms with Crippen LogP contribution in [0, 0.1) is 0 Å². The quantitative estimate of drug-likeness (QED) is 0.206. The Labute approximate surface area is 245 Å². The first-order valence-electron chi connectivity index (χ1n) is 13.9. The smallest absolute Gasteiger partial charge is 0.266 e. The van der Waals surface area contributed by atoms with Gasteiger partial charge in [-0.3, -0.25) is 9.59 Å². The lowest BCUT2D eigenvalue weighted by Crippen LogP contribution is -2.44. The van der Waals surface area contributed by atoms with Gasteiger partial charge in [-0.2, -0.15) is 0 Å². The van der Waals surface area contributed by atoms with Crippen molar-refractivity contribution in [2.75, 3.05) is 13.7 Å². The average Bonchev–Trinajstić information content (AvgIpc) is 3.33. The lowest BCUT2D eigenvalue weighted by atomic mass is 9.89. The van der Waals surface area contributed by atoms with E-state index in [2.05, 4.69) is 11.4 Å². The fourth-order valence-corrected chi connectivity index (χ4v) is 7.05. The summed E-state index contributed by atoms with van der Waals surface area (Å²) in [5.41, 5.74) is 3.66. The summed E-state index contributed by atoms with van der Waals surface area (Å²) in [6.07, 6.45) is 3.89. The van der Waals surface area contributed by atoms with Gasteiger partial charge in [-0.1, -0.05) is 60.1 Å². The van der Waals surface area contributed by atoms with Gasteiger partial charge in [0.05, 0.1) is 11.6 Å². The van der Waals surface area contributed by atoms with Crippen LogP contribution in [0.1, 0.15) is 65.1 Å². The molecular formula is C33H35ClN2O3S. The number of halogens is 1. The van der Waals surface area contributed by atoms with Crippen LogP contribution in [0.25, 0.3) is 21.2 Å². The summed E-state index contributed by atoms with van der Waals surface area (Å²) < 4.78 is 7.06. The predicted molar refractivity (Wildman–Crippen MR) is 165 cm³/mol. The first kappa shape index (κ1) is 28.3. The monoisotopic (exact) mass is 574 g/mol. The van der Waals surface area contributed by atoms with Crippen LogP contribution in [-0.4, -0.2) is 42.3 Å². The number of carbonyl (C=O) groups excluding carboxylic acids is 2. The van der Waals surface area contributed by atoms with E-state index in [-0.39, 0.29) is 17.7 Å². The molecule has 1 amide bonds. The molecule has 5 nitrogen and oxygen atoms in total. The normalized spacial score (nSPS) is 17.1.